The van der Waals surface area contributed by atoms with E-state index in [-0.39, 0.29) is 5.60 Å². The Kier molecular flexibility index (Phi) is 2.98. The Hall–Kier alpha value is -0.610. The van der Waals surface area contributed by atoms with Gasteiger partial charge >= 0.3 is 0 Å². The largest absolute Gasteiger partial charge is 0.372 e. The Labute approximate surface area is 98.6 Å². The van der Waals surface area contributed by atoms with Crippen LogP contribution in [0.5, 0.6) is 0 Å². The average molecular weight is 271 g/mol. The van der Waals surface area contributed by atoms with E-state index in [9.17, 15) is 0 Å². The predicted octanol–water partition coefficient (Wildman–Crippen LogP) is 2.46. The molecule has 1 saturated heterocycles. The van der Waals surface area contributed by atoms with Crippen LogP contribution in [0.1, 0.15) is 13.8 Å². The molecule has 2 heterocycles. The Balaban J connectivity index is 2.17. The lowest BCUT2D eigenvalue weighted by Crippen LogP contribution is -2.48. The lowest BCUT2D eigenvalue weighted by molar-refractivity contribution is -0.0279. The molecule has 0 saturated carbocycles. The summed E-state index contributed by atoms with van der Waals surface area (Å²) in [6.45, 7) is 6.78. The summed E-state index contributed by atoms with van der Waals surface area (Å²) in [5.74, 6) is 1.01. The van der Waals surface area contributed by atoms with Crippen molar-refractivity contribution in [1.82, 2.24) is 4.98 Å². The minimum atomic E-state index is -0.0811. The molecule has 0 unspecified atom stereocenters. The number of morpholine rings is 1. The first-order valence-corrected chi connectivity index (χ1v) is 5.88. The summed E-state index contributed by atoms with van der Waals surface area (Å²) < 4.78 is 6.55. The second-order valence-corrected chi connectivity index (χ2v) is 5.16. The molecule has 0 bridgehead atoms. The van der Waals surface area contributed by atoms with E-state index in [1.165, 1.54) is 0 Å². The van der Waals surface area contributed by atoms with Gasteiger partial charge in [0.25, 0.3) is 0 Å². The third kappa shape index (κ3) is 2.69. The lowest BCUT2D eigenvalue weighted by Gasteiger charge is -2.38. The van der Waals surface area contributed by atoms with Gasteiger partial charge in [-0.1, -0.05) is 6.07 Å². The molecule has 82 valence electrons. The van der Waals surface area contributed by atoms with Gasteiger partial charge in [0.15, 0.2) is 0 Å². The van der Waals surface area contributed by atoms with Crippen LogP contribution in [-0.4, -0.2) is 30.3 Å². The first-order valence-electron chi connectivity index (χ1n) is 5.08. The van der Waals surface area contributed by atoms with Crippen LogP contribution in [0.15, 0.2) is 22.8 Å². The van der Waals surface area contributed by atoms with Crippen molar-refractivity contribution in [2.24, 2.45) is 0 Å². The van der Waals surface area contributed by atoms with Gasteiger partial charge in [0.05, 0.1) is 12.2 Å². The molecule has 0 N–H and O–H groups in total. The highest BCUT2D eigenvalue weighted by Gasteiger charge is 2.27. The fraction of sp³-hybridized carbons (Fsp3) is 0.545. The summed E-state index contributed by atoms with van der Waals surface area (Å²) in [7, 11) is 0. The van der Waals surface area contributed by atoms with Gasteiger partial charge in [-0.15, -0.1) is 0 Å². The standard InChI is InChI=1S/C11H15BrN2O/c1-11(2)8-14(6-7-15-11)10-5-3-4-9(12)13-10/h3-5H,6-8H2,1-2H3. The van der Waals surface area contributed by atoms with Gasteiger partial charge in [-0.05, 0) is 41.9 Å². The number of halogens is 1. The molecule has 1 aromatic heterocycles. The quantitative estimate of drug-likeness (QED) is 0.734. The van der Waals surface area contributed by atoms with Gasteiger partial charge in [-0.25, -0.2) is 4.98 Å². The summed E-state index contributed by atoms with van der Waals surface area (Å²) in [5, 5.41) is 0. The van der Waals surface area contributed by atoms with E-state index >= 15 is 0 Å². The molecule has 1 aromatic rings. The smallest absolute Gasteiger partial charge is 0.130 e. The van der Waals surface area contributed by atoms with Crippen molar-refractivity contribution >= 4 is 21.7 Å². The molecule has 3 nitrogen and oxygen atoms in total. The van der Waals surface area contributed by atoms with Crippen LogP contribution in [0.3, 0.4) is 0 Å². The third-order valence-electron chi connectivity index (χ3n) is 2.45. The van der Waals surface area contributed by atoms with Crippen LogP contribution in [0.2, 0.25) is 0 Å². The zero-order valence-corrected chi connectivity index (χ0v) is 10.6. The number of nitrogens with zero attached hydrogens (tertiary/aromatic N) is 2. The molecule has 0 radical (unpaired) electrons. The van der Waals surface area contributed by atoms with Gasteiger partial charge in [0, 0.05) is 13.1 Å². The molecule has 0 aliphatic carbocycles. The summed E-state index contributed by atoms with van der Waals surface area (Å²) >= 11 is 3.39. The topological polar surface area (TPSA) is 25.4 Å². The first-order chi connectivity index (χ1) is 7.07. The first kappa shape index (κ1) is 10.9. The second kappa shape index (κ2) is 4.10. The number of hydrogen-bond acceptors (Lipinski definition) is 3. The van der Waals surface area contributed by atoms with E-state index < -0.39 is 0 Å². The molecule has 2 rings (SSSR count). The summed E-state index contributed by atoms with van der Waals surface area (Å²) in [6, 6.07) is 5.98. The Morgan fingerprint density at radius 2 is 2.27 bits per heavy atom. The van der Waals surface area contributed by atoms with Crippen LogP contribution in [-0.2, 0) is 4.74 Å². The maximum atomic E-state index is 5.67. The van der Waals surface area contributed by atoms with Crippen molar-refractivity contribution in [2.75, 3.05) is 24.6 Å². The van der Waals surface area contributed by atoms with Crippen molar-refractivity contribution in [3.8, 4) is 0 Å². The average Bonchev–Trinajstić information content (AvgIpc) is 2.16. The highest BCUT2D eigenvalue weighted by molar-refractivity contribution is 9.10. The van der Waals surface area contributed by atoms with E-state index in [0.717, 1.165) is 30.1 Å². The van der Waals surface area contributed by atoms with Crippen LogP contribution in [0, 0.1) is 0 Å². The van der Waals surface area contributed by atoms with Crippen molar-refractivity contribution in [3.63, 3.8) is 0 Å². The van der Waals surface area contributed by atoms with Crippen molar-refractivity contribution in [3.05, 3.63) is 22.8 Å². The fourth-order valence-corrected chi connectivity index (χ4v) is 2.12. The zero-order valence-electron chi connectivity index (χ0n) is 9.03. The SMILES string of the molecule is CC1(C)CN(c2cccc(Br)n2)CCO1. The molecule has 0 aromatic carbocycles. The molecule has 0 atom stereocenters. The number of anilines is 1. The number of aromatic nitrogens is 1. The third-order valence-corrected chi connectivity index (χ3v) is 2.89. The Morgan fingerprint density at radius 1 is 1.47 bits per heavy atom. The molecular weight excluding hydrogens is 256 g/mol. The number of ether oxygens (including phenoxy) is 1. The Bertz CT molecular complexity index is 354. The molecule has 1 fully saturated rings. The number of pyridine rings is 1. The summed E-state index contributed by atoms with van der Waals surface area (Å²) in [6.07, 6.45) is 0. The molecule has 4 heteroatoms. The van der Waals surface area contributed by atoms with Crippen molar-refractivity contribution < 1.29 is 4.74 Å². The van der Waals surface area contributed by atoms with Gasteiger partial charge in [0.1, 0.15) is 10.4 Å². The molecular formula is C11H15BrN2O. The van der Waals surface area contributed by atoms with E-state index in [0.29, 0.717) is 0 Å². The highest BCUT2D eigenvalue weighted by Crippen LogP contribution is 2.22. The summed E-state index contributed by atoms with van der Waals surface area (Å²) in [5.41, 5.74) is -0.0811. The normalized spacial score (nSPS) is 20.3. The molecule has 1 aliphatic rings. The van der Waals surface area contributed by atoms with E-state index in [2.05, 4.69) is 39.7 Å². The zero-order chi connectivity index (χ0) is 10.9. The number of hydrogen-bond donors (Lipinski definition) is 0. The van der Waals surface area contributed by atoms with Gasteiger partial charge in [-0.2, -0.15) is 0 Å². The van der Waals surface area contributed by atoms with Crippen LogP contribution >= 0.6 is 15.9 Å². The van der Waals surface area contributed by atoms with Crippen LogP contribution in [0.25, 0.3) is 0 Å². The maximum absolute atomic E-state index is 5.67. The maximum Gasteiger partial charge on any atom is 0.130 e. The van der Waals surface area contributed by atoms with E-state index in [1.54, 1.807) is 0 Å². The van der Waals surface area contributed by atoms with Crippen LogP contribution < -0.4 is 4.90 Å². The molecule has 1 aliphatic heterocycles. The fourth-order valence-electron chi connectivity index (χ4n) is 1.79. The molecule has 0 spiro atoms. The van der Waals surface area contributed by atoms with E-state index in [1.807, 2.05) is 18.2 Å². The second-order valence-electron chi connectivity index (χ2n) is 4.35. The Morgan fingerprint density at radius 3 is 2.93 bits per heavy atom. The van der Waals surface area contributed by atoms with Crippen molar-refractivity contribution in [2.45, 2.75) is 19.4 Å². The minimum absolute atomic E-state index is 0.0811. The van der Waals surface area contributed by atoms with Crippen molar-refractivity contribution in [1.29, 1.82) is 0 Å². The molecule has 0 amide bonds. The number of rotatable bonds is 1. The van der Waals surface area contributed by atoms with Crippen LogP contribution in [0.4, 0.5) is 5.82 Å². The minimum Gasteiger partial charge on any atom is -0.372 e. The van der Waals surface area contributed by atoms with Gasteiger partial charge < -0.3 is 9.64 Å². The van der Waals surface area contributed by atoms with E-state index in [4.69, 9.17) is 4.74 Å². The lowest BCUT2D eigenvalue weighted by atomic mass is 10.1. The van der Waals surface area contributed by atoms with Gasteiger partial charge in [-0.3, -0.25) is 0 Å². The summed E-state index contributed by atoms with van der Waals surface area (Å²) in [4.78, 5) is 6.71. The highest BCUT2D eigenvalue weighted by atomic mass is 79.9. The molecule has 15 heavy (non-hydrogen) atoms. The van der Waals surface area contributed by atoms with Gasteiger partial charge in [0.2, 0.25) is 0 Å². The monoisotopic (exact) mass is 270 g/mol. The predicted molar refractivity (Wildman–Crippen MR) is 64.2 cm³/mol.